The minimum atomic E-state index is 0.164. The number of halogens is 3. The van der Waals surface area contributed by atoms with Crippen LogP contribution in [0.3, 0.4) is 0 Å². The third kappa shape index (κ3) is 3.93. The first-order chi connectivity index (χ1) is 11.1. The van der Waals surface area contributed by atoms with Gasteiger partial charge in [-0.1, -0.05) is 65.1 Å². The number of nitrogens with zero attached hydrogens (tertiary/aromatic N) is 4. The monoisotopic (exact) mass is 368 g/mol. The van der Waals surface area contributed by atoms with Crippen LogP contribution in [0.25, 0.3) is 0 Å². The van der Waals surface area contributed by atoms with E-state index < -0.39 is 0 Å². The molecule has 0 aliphatic heterocycles. The first kappa shape index (κ1) is 16.1. The Hall–Kier alpha value is -1.82. The maximum Gasteiger partial charge on any atom is 0.189 e. The van der Waals surface area contributed by atoms with Crippen LogP contribution in [-0.2, 0) is 13.2 Å². The maximum atomic E-state index is 6.08. The molecule has 118 valence electrons. The fourth-order valence-corrected chi connectivity index (χ4v) is 2.55. The quantitative estimate of drug-likeness (QED) is 0.631. The van der Waals surface area contributed by atoms with Gasteiger partial charge in [-0.15, -0.1) is 5.10 Å². The van der Waals surface area contributed by atoms with E-state index in [1.54, 1.807) is 10.7 Å². The van der Waals surface area contributed by atoms with Crippen molar-refractivity contribution in [3.05, 3.63) is 68.9 Å². The Morgan fingerprint density at radius 2 is 1.70 bits per heavy atom. The second-order valence-electron chi connectivity index (χ2n) is 4.72. The predicted molar refractivity (Wildman–Crippen MR) is 89.2 cm³/mol. The highest BCUT2D eigenvalue weighted by Crippen LogP contribution is 2.34. The number of rotatable bonds is 5. The molecule has 0 saturated carbocycles. The minimum Gasteiger partial charge on any atom is -0.484 e. The fraction of sp³-hybridized carbons (Fsp3) is 0.133. The molecule has 0 amide bonds. The van der Waals surface area contributed by atoms with Crippen molar-refractivity contribution in [2.75, 3.05) is 0 Å². The van der Waals surface area contributed by atoms with Gasteiger partial charge in [-0.3, -0.25) is 0 Å². The molecule has 0 radical (unpaired) electrons. The molecule has 0 unspecified atom stereocenters. The summed E-state index contributed by atoms with van der Waals surface area (Å²) in [5.74, 6) is 1.01. The molecule has 0 atom stereocenters. The Bertz CT molecular complexity index is 808. The lowest BCUT2D eigenvalue weighted by Crippen LogP contribution is -2.10. The van der Waals surface area contributed by atoms with Gasteiger partial charge in [-0.25, -0.2) is 4.68 Å². The Morgan fingerprint density at radius 1 is 0.957 bits per heavy atom. The van der Waals surface area contributed by atoms with Crippen LogP contribution in [0.15, 0.2) is 42.5 Å². The molecule has 5 nitrogen and oxygen atoms in total. The molecule has 23 heavy (non-hydrogen) atoms. The Balaban J connectivity index is 1.72. The summed E-state index contributed by atoms with van der Waals surface area (Å²) in [6.45, 7) is 0.721. The number of ether oxygens (including phenoxy) is 1. The van der Waals surface area contributed by atoms with E-state index in [9.17, 15) is 0 Å². The van der Waals surface area contributed by atoms with Gasteiger partial charge in [-0.05, 0) is 22.1 Å². The van der Waals surface area contributed by atoms with Crippen LogP contribution < -0.4 is 4.74 Å². The van der Waals surface area contributed by atoms with E-state index in [0.717, 1.165) is 5.56 Å². The van der Waals surface area contributed by atoms with Crippen molar-refractivity contribution in [1.82, 2.24) is 20.2 Å². The molecule has 3 rings (SSSR count). The third-order valence-corrected chi connectivity index (χ3v) is 4.13. The van der Waals surface area contributed by atoms with Gasteiger partial charge in [0.2, 0.25) is 0 Å². The van der Waals surface area contributed by atoms with E-state index in [1.807, 2.05) is 30.3 Å². The normalized spacial score (nSPS) is 10.7. The van der Waals surface area contributed by atoms with Gasteiger partial charge in [0, 0.05) is 6.07 Å². The van der Waals surface area contributed by atoms with E-state index in [2.05, 4.69) is 15.5 Å². The highest BCUT2D eigenvalue weighted by atomic mass is 35.5. The highest BCUT2D eigenvalue weighted by molar-refractivity contribution is 6.43. The first-order valence-corrected chi connectivity index (χ1v) is 7.83. The molecule has 3 aromatic rings. The van der Waals surface area contributed by atoms with Crippen molar-refractivity contribution in [3.8, 4) is 5.75 Å². The molecule has 1 heterocycles. The second-order valence-corrected chi connectivity index (χ2v) is 5.95. The van der Waals surface area contributed by atoms with Crippen molar-refractivity contribution in [3.63, 3.8) is 0 Å². The largest absolute Gasteiger partial charge is 0.484 e. The SMILES string of the molecule is Clc1cc(Cl)c(OCc2nnnn2Cc2ccccc2)cc1Cl. The van der Waals surface area contributed by atoms with Gasteiger partial charge in [-0.2, -0.15) is 0 Å². The fourth-order valence-electron chi connectivity index (χ4n) is 1.96. The topological polar surface area (TPSA) is 52.8 Å². The number of hydrogen-bond donors (Lipinski definition) is 0. The molecule has 2 aromatic carbocycles. The molecule has 0 N–H and O–H groups in total. The second kappa shape index (κ2) is 7.17. The van der Waals surface area contributed by atoms with Gasteiger partial charge in [0.05, 0.1) is 21.6 Å². The van der Waals surface area contributed by atoms with E-state index in [0.29, 0.717) is 33.2 Å². The van der Waals surface area contributed by atoms with Crippen LogP contribution in [0, 0.1) is 0 Å². The first-order valence-electron chi connectivity index (χ1n) is 6.70. The minimum absolute atomic E-state index is 0.164. The Labute approximate surface area is 147 Å². The summed E-state index contributed by atoms with van der Waals surface area (Å²) in [6, 6.07) is 13.0. The zero-order valence-corrected chi connectivity index (χ0v) is 14.1. The van der Waals surface area contributed by atoms with Crippen LogP contribution in [0.4, 0.5) is 0 Å². The molecular formula is C15H11Cl3N4O. The lowest BCUT2D eigenvalue weighted by molar-refractivity contribution is 0.288. The van der Waals surface area contributed by atoms with Crippen LogP contribution in [-0.4, -0.2) is 20.2 Å². The van der Waals surface area contributed by atoms with Crippen molar-refractivity contribution < 1.29 is 4.74 Å². The third-order valence-electron chi connectivity index (χ3n) is 3.11. The van der Waals surface area contributed by atoms with Gasteiger partial charge >= 0.3 is 0 Å². The summed E-state index contributed by atoms with van der Waals surface area (Å²) in [5.41, 5.74) is 1.09. The highest BCUT2D eigenvalue weighted by Gasteiger charge is 2.11. The van der Waals surface area contributed by atoms with E-state index in [1.165, 1.54) is 6.07 Å². The summed E-state index contributed by atoms with van der Waals surface area (Å²) >= 11 is 17.9. The zero-order valence-electron chi connectivity index (χ0n) is 11.8. The van der Waals surface area contributed by atoms with Crippen LogP contribution in [0.5, 0.6) is 5.75 Å². The Morgan fingerprint density at radius 3 is 2.48 bits per heavy atom. The molecule has 0 spiro atoms. The van der Waals surface area contributed by atoms with E-state index in [4.69, 9.17) is 39.5 Å². The van der Waals surface area contributed by atoms with Crippen LogP contribution in [0.1, 0.15) is 11.4 Å². The van der Waals surface area contributed by atoms with Crippen LogP contribution in [0.2, 0.25) is 15.1 Å². The van der Waals surface area contributed by atoms with E-state index in [-0.39, 0.29) is 6.61 Å². The average Bonchev–Trinajstić information content (AvgIpc) is 2.98. The molecule has 0 aliphatic rings. The summed E-state index contributed by atoms with van der Waals surface area (Å²) in [4.78, 5) is 0. The number of aromatic nitrogens is 4. The summed E-state index contributed by atoms with van der Waals surface area (Å²) in [6.07, 6.45) is 0. The Kier molecular flexibility index (Phi) is 5.00. The zero-order chi connectivity index (χ0) is 16.2. The number of tetrazole rings is 1. The van der Waals surface area contributed by atoms with Gasteiger partial charge in [0.1, 0.15) is 12.4 Å². The van der Waals surface area contributed by atoms with Crippen molar-refractivity contribution in [2.24, 2.45) is 0 Å². The smallest absolute Gasteiger partial charge is 0.189 e. The van der Waals surface area contributed by atoms with Crippen molar-refractivity contribution >= 4 is 34.8 Å². The van der Waals surface area contributed by atoms with Crippen LogP contribution >= 0.6 is 34.8 Å². The molecule has 8 heteroatoms. The van der Waals surface area contributed by atoms with Crippen molar-refractivity contribution in [1.29, 1.82) is 0 Å². The summed E-state index contributed by atoms with van der Waals surface area (Å²) in [7, 11) is 0. The standard InChI is InChI=1S/C15H11Cl3N4O/c16-11-6-13(18)14(7-12(11)17)23-9-15-19-20-21-22(15)8-10-4-2-1-3-5-10/h1-7H,8-9H2. The predicted octanol–water partition coefficient (Wildman–Crippen LogP) is 4.26. The van der Waals surface area contributed by atoms with E-state index >= 15 is 0 Å². The van der Waals surface area contributed by atoms with Gasteiger partial charge < -0.3 is 4.74 Å². The number of hydrogen-bond acceptors (Lipinski definition) is 4. The molecule has 0 bridgehead atoms. The van der Waals surface area contributed by atoms with Gasteiger partial charge in [0.25, 0.3) is 0 Å². The molecule has 0 saturated heterocycles. The molecular weight excluding hydrogens is 359 g/mol. The lowest BCUT2D eigenvalue weighted by Gasteiger charge is -2.09. The maximum absolute atomic E-state index is 6.08. The van der Waals surface area contributed by atoms with Gasteiger partial charge in [0.15, 0.2) is 5.82 Å². The van der Waals surface area contributed by atoms with Crippen molar-refractivity contribution in [2.45, 2.75) is 13.2 Å². The molecule has 0 aliphatic carbocycles. The summed E-state index contributed by atoms with van der Waals surface area (Å²) in [5, 5.41) is 12.8. The average molecular weight is 370 g/mol. The molecule has 0 fully saturated rings. The molecule has 1 aromatic heterocycles. The summed E-state index contributed by atoms with van der Waals surface area (Å²) < 4.78 is 7.32. The lowest BCUT2D eigenvalue weighted by atomic mass is 10.2. The number of benzene rings is 2.